The minimum absolute atomic E-state index is 0.652. The van der Waals surface area contributed by atoms with Crippen molar-refractivity contribution >= 4 is 11.3 Å². The van der Waals surface area contributed by atoms with Gasteiger partial charge in [0.15, 0.2) is 0 Å². The highest BCUT2D eigenvalue weighted by atomic mass is 15.1. The molecule has 2 aromatic heterocycles. The van der Waals surface area contributed by atoms with Gasteiger partial charge in [0.05, 0.1) is 11.4 Å². The highest BCUT2D eigenvalue weighted by molar-refractivity contribution is 5.52. The minimum Gasteiger partial charge on any atom is -0.370 e. The standard InChI is InChI=1S/C16H24N4/c1-19(14-5-3-2-4-6-14)15-7-8-16-18-13(9-10-17)11-20(16)12-15/h7-8,11-12,14H,2-6,9-10,17H2,1H3. The van der Waals surface area contributed by atoms with Gasteiger partial charge in [0, 0.05) is 31.9 Å². The number of anilines is 1. The second kappa shape index (κ2) is 5.83. The van der Waals surface area contributed by atoms with Crippen molar-refractivity contribution in [2.24, 2.45) is 5.73 Å². The number of imidazole rings is 1. The summed E-state index contributed by atoms with van der Waals surface area (Å²) in [6.07, 6.45) is 11.9. The van der Waals surface area contributed by atoms with E-state index in [-0.39, 0.29) is 0 Å². The monoisotopic (exact) mass is 272 g/mol. The molecule has 0 amide bonds. The minimum atomic E-state index is 0.652. The van der Waals surface area contributed by atoms with E-state index in [0.717, 1.165) is 17.8 Å². The lowest BCUT2D eigenvalue weighted by Gasteiger charge is -2.32. The van der Waals surface area contributed by atoms with Gasteiger partial charge in [-0.05, 0) is 31.5 Å². The molecule has 0 bridgehead atoms. The normalized spacial score (nSPS) is 16.7. The van der Waals surface area contributed by atoms with Crippen molar-refractivity contribution in [1.29, 1.82) is 0 Å². The zero-order chi connectivity index (χ0) is 13.9. The Morgan fingerprint density at radius 3 is 2.80 bits per heavy atom. The summed E-state index contributed by atoms with van der Waals surface area (Å²) >= 11 is 0. The molecule has 3 rings (SSSR count). The summed E-state index contributed by atoms with van der Waals surface area (Å²) in [4.78, 5) is 7.01. The first-order valence-corrected chi connectivity index (χ1v) is 7.68. The number of hydrogen-bond acceptors (Lipinski definition) is 3. The predicted molar refractivity (Wildman–Crippen MR) is 83.2 cm³/mol. The number of nitrogens with two attached hydrogens (primary N) is 1. The summed E-state index contributed by atoms with van der Waals surface area (Å²) < 4.78 is 2.12. The molecule has 1 aliphatic carbocycles. The van der Waals surface area contributed by atoms with Gasteiger partial charge < -0.3 is 15.0 Å². The summed E-state index contributed by atoms with van der Waals surface area (Å²) in [5.41, 5.74) is 8.96. The quantitative estimate of drug-likeness (QED) is 0.930. The van der Waals surface area contributed by atoms with E-state index in [2.05, 4.69) is 45.9 Å². The molecule has 0 unspecified atom stereocenters. The lowest BCUT2D eigenvalue weighted by atomic mass is 9.94. The second-order valence-electron chi connectivity index (χ2n) is 5.83. The van der Waals surface area contributed by atoms with E-state index in [9.17, 15) is 0 Å². The average Bonchev–Trinajstić information content (AvgIpc) is 2.89. The van der Waals surface area contributed by atoms with Crippen molar-refractivity contribution in [3.8, 4) is 0 Å². The molecular weight excluding hydrogens is 248 g/mol. The third kappa shape index (κ3) is 2.66. The van der Waals surface area contributed by atoms with Crippen molar-refractivity contribution in [3.05, 3.63) is 30.2 Å². The Bertz CT molecular complexity index is 569. The molecule has 0 saturated heterocycles. The number of nitrogens with zero attached hydrogens (tertiary/aromatic N) is 3. The molecule has 0 spiro atoms. The average molecular weight is 272 g/mol. The van der Waals surface area contributed by atoms with E-state index in [1.54, 1.807) is 0 Å². The molecule has 0 atom stereocenters. The molecule has 0 aromatic carbocycles. The van der Waals surface area contributed by atoms with Gasteiger partial charge in [-0.2, -0.15) is 0 Å². The van der Waals surface area contributed by atoms with E-state index in [4.69, 9.17) is 5.73 Å². The molecule has 0 radical (unpaired) electrons. The van der Waals surface area contributed by atoms with Crippen LogP contribution >= 0.6 is 0 Å². The van der Waals surface area contributed by atoms with E-state index < -0.39 is 0 Å². The summed E-state index contributed by atoms with van der Waals surface area (Å²) in [7, 11) is 2.22. The van der Waals surface area contributed by atoms with Crippen LogP contribution in [-0.4, -0.2) is 29.0 Å². The van der Waals surface area contributed by atoms with Crippen LogP contribution in [0.2, 0.25) is 0 Å². The van der Waals surface area contributed by atoms with Crippen LogP contribution in [0.1, 0.15) is 37.8 Å². The van der Waals surface area contributed by atoms with Gasteiger partial charge in [-0.25, -0.2) is 4.98 Å². The molecule has 4 nitrogen and oxygen atoms in total. The van der Waals surface area contributed by atoms with Gasteiger partial charge in [-0.3, -0.25) is 0 Å². The van der Waals surface area contributed by atoms with Crippen LogP contribution in [0.25, 0.3) is 5.65 Å². The number of rotatable bonds is 4. The van der Waals surface area contributed by atoms with E-state index in [1.165, 1.54) is 37.8 Å². The lowest BCUT2D eigenvalue weighted by Crippen LogP contribution is -2.33. The molecule has 108 valence electrons. The Kier molecular flexibility index (Phi) is 3.92. The van der Waals surface area contributed by atoms with E-state index >= 15 is 0 Å². The third-order valence-electron chi connectivity index (χ3n) is 4.42. The lowest BCUT2D eigenvalue weighted by molar-refractivity contribution is 0.427. The highest BCUT2D eigenvalue weighted by Crippen LogP contribution is 2.26. The molecule has 1 aliphatic rings. The topological polar surface area (TPSA) is 46.6 Å². The largest absolute Gasteiger partial charge is 0.370 e. The molecule has 4 heteroatoms. The Hall–Kier alpha value is -1.55. The first kappa shape index (κ1) is 13.4. The smallest absolute Gasteiger partial charge is 0.137 e. The van der Waals surface area contributed by atoms with E-state index in [0.29, 0.717) is 12.6 Å². The van der Waals surface area contributed by atoms with Crippen LogP contribution in [-0.2, 0) is 6.42 Å². The van der Waals surface area contributed by atoms with Crippen LogP contribution in [0, 0.1) is 0 Å². The van der Waals surface area contributed by atoms with Crippen molar-refractivity contribution in [2.75, 3.05) is 18.5 Å². The van der Waals surface area contributed by atoms with Crippen LogP contribution < -0.4 is 10.6 Å². The van der Waals surface area contributed by atoms with Crippen LogP contribution in [0.5, 0.6) is 0 Å². The maximum absolute atomic E-state index is 5.60. The predicted octanol–water partition coefficient (Wildman–Crippen LogP) is 2.60. The van der Waals surface area contributed by atoms with Gasteiger partial charge in [0.1, 0.15) is 5.65 Å². The van der Waals surface area contributed by atoms with Gasteiger partial charge in [0.25, 0.3) is 0 Å². The fourth-order valence-corrected chi connectivity index (χ4v) is 3.19. The van der Waals surface area contributed by atoms with Gasteiger partial charge in [-0.1, -0.05) is 19.3 Å². The molecule has 20 heavy (non-hydrogen) atoms. The maximum atomic E-state index is 5.60. The fourth-order valence-electron chi connectivity index (χ4n) is 3.19. The van der Waals surface area contributed by atoms with Crippen LogP contribution in [0.3, 0.4) is 0 Å². The highest BCUT2D eigenvalue weighted by Gasteiger charge is 2.18. The van der Waals surface area contributed by atoms with E-state index in [1.807, 2.05) is 0 Å². The second-order valence-corrected chi connectivity index (χ2v) is 5.83. The first-order valence-electron chi connectivity index (χ1n) is 7.68. The summed E-state index contributed by atoms with van der Waals surface area (Å²) in [5.74, 6) is 0. The van der Waals surface area contributed by atoms with Crippen LogP contribution in [0.15, 0.2) is 24.5 Å². The van der Waals surface area contributed by atoms with Gasteiger partial charge in [0.2, 0.25) is 0 Å². The zero-order valence-electron chi connectivity index (χ0n) is 12.3. The molecule has 2 N–H and O–H groups in total. The first-order chi connectivity index (χ1) is 9.78. The van der Waals surface area contributed by atoms with Crippen molar-refractivity contribution < 1.29 is 0 Å². The SMILES string of the molecule is CN(c1ccc2nc(CCN)cn2c1)C1CCCCC1. The number of aromatic nitrogens is 2. The van der Waals surface area contributed by atoms with Crippen molar-refractivity contribution in [3.63, 3.8) is 0 Å². The number of pyridine rings is 1. The summed E-state index contributed by atoms with van der Waals surface area (Å²) in [5, 5.41) is 0. The maximum Gasteiger partial charge on any atom is 0.137 e. The molecular formula is C16H24N4. The number of fused-ring (bicyclic) bond motifs is 1. The molecule has 0 aliphatic heterocycles. The van der Waals surface area contributed by atoms with Gasteiger partial charge in [-0.15, -0.1) is 0 Å². The van der Waals surface area contributed by atoms with Crippen LogP contribution in [0.4, 0.5) is 5.69 Å². The van der Waals surface area contributed by atoms with Crippen molar-refractivity contribution in [1.82, 2.24) is 9.38 Å². The molecule has 2 aromatic rings. The summed E-state index contributed by atoms with van der Waals surface area (Å²) in [6.45, 7) is 0.652. The molecule has 1 fully saturated rings. The van der Waals surface area contributed by atoms with Crippen molar-refractivity contribution in [2.45, 2.75) is 44.6 Å². The number of hydrogen-bond donors (Lipinski definition) is 1. The van der Waals surface area contributed by atoms with Gasteiger partial charge >= 0.3 is 0 Å². The molecule has 2 heterocycles. The Labute approximate surface area is 120 Å². The Balaban J connectivity index is 1.83. The Morgan fingerprint density at radius 1 is 1.25 bits per heavy atom. The third-order valence-corrected chi connectivity index (χ3v) is 4.42. The molecule has 1 saturated carbocycles. The zero-order valence-corrected chi connectivity index (χ0v) is 12.3. The fraction of sp³-hybridized carbons (Fsp3) is 0.562. The summed E-state index contributed by atoms with van der Waals surface area (Å²) in [6, 6.07) is 4.98. The Morgan fingerprint density at radius 2 is 2.05 bits per heavy atom.